The van der Waals surface area contributed by atoms with Crippen LogP contribution < -0.4 is 5.73 Å². The number of hydrogen-bond donors (Lipinski definition) is 1. The summed E-state index contributed by atoms with van der Waals surface area (Å²) in [4.78, 5) is 4.83. The van der Waals surface area contributed by atoms with Crippen molar-refractivity contribution in [3.63, 3.8) is 0 Å². The molecule has 1 heterocycles. The molecule has 1 aliphatic carbocycles. The van der Waals surface area contributed by atoms with E-state index in [0.717, 1.165) is 18.7 Å². The third-order valence-electron chi connectivity index (χ3n) is 6.17. The molecule has 0 amide bonds. The first kappa shape index (κ1) is 17.9. The van der Waals surface area contributed by atoms with Crippen molar-refractivity contribution in [1.82, 2.24) is 9.55 Å². The number of aromatic nitrogens is 2. The maximum Gasteiger partial charge on any atom is 0.121 e. The zero-order chi connectivity index (χ0) is 19.7. The van der Waals surface area contributed by atoms with Crippen LogP contribution in [-0.2, 0) is 5.54 Å². The number of hydrogen-bond acceptors (Lipinski definition) is 2. The normalized spacial score (nSPS) is 18.5. The average Bonchev–Trinajstić information content (AvgIpc) is 3.44. The third-order valence-corrected chi connectivity index (χ3v) is 6.17. The number of imidazole rings is 1. The molecule has 4 aromatic rings. The van der Waals surface area contributed by atoms with Crippen molar-refractivity contribution >= 4 is 0 Å². The van der Waals surface area contributed by atoms with Gasteiger partial charge in [-0.15, -0.1) is 0 Å². The van der Waals surface area contributed by atoms with Crippen molar-refractivity contribution in [2.24, 2.45) is 11.7 Å². The Kier molecular flexibility index (Phi) is 4.53. The fourth-order valence-corrected chi connectivity index (χ4v) is 4.57. The van der Waals surface area contributed by atoms with Gasteiger partial charge in [0.1, 0.15) is 5.54 Å². The Balaban J connectivity index is 1.77. The highest BCUT2D eigenvalue weighted by atomic mass is 15.1. The molecule has 0 radical (unpaired) electrons. The molecular weight excluding hydrogens is 354 g/mol. The molecule has 2 atom stereocenters. The molecule has 1 fully saturated rings. The Morgan fingerprint density at radius 1 is 0.793 bits per heavy atom. The minimum atomic E-state index is -0.484. The zero-order valence-electron chi connectivity index (χ0n) is 16.4. The molecule has 29 heavy (non-hydrogen) atoms. The highest BCUT2D eigenvalue weighted by Gasteiger charge is 2.42. The molecule has 3 heteroatoms. The van der Waals surface area contributed by atoms with Crippen molar-refractivity contribution in [1.29, 1.82) is 0 Å². The molecule has 1 aromatic heterocycles. The van der Waals surface area contributed by atoms with Crippen LogP contribution >= 0.6 is 0 Å². The summed E-state index contributed by atoms with van der Waals surface area (Å²) < 4.78 is 2.29. The number of nitrogens with two attached hydrogens (primary N) is 1. The second kappa shape index (κ2) is 7.34. The Bertz CT molecular complexity index is 974. The maximum absolute atomic E-state index is 5.89. The Morgan fingerprint density at radius 2 is 1.28 bits per heavy atom. The van der Waals surface area contributed by atoms with Crippen LogP contribution in [0.15, 0.2) is 104 Å². The molecule has 1 saturated carbocycles. The molecule has 2 N–H and O–H groups in total. The van der Waals surface area contributed by atoms with E-state index in [1.807, 2.05) is 6.33 Å². The molecule has 3 aromatic carbocycles. The van der Waals surface area contributed by atoms with Crippen LogP contribution in [0.25, 0.3) is 0 Å². The molecule has 0 saturated heterocycles. The summed E-state index contributed by atoms with van der Waals surface area (Å²) in [5, 5.41) is 0. The van der Waals surface area contributed by atoms with Crippen LogP contribution in [0.3, 0.4) is 0 Å². The Hall–Kier alpha value is -3.17. The van der Waals surface area contributed by atoms with Gasteiger partial charge in [0.05, 0.1) is 12.0 Å². The standard InChI is InChI=1S/C26H25N3/c27-17-20-16-24(20)25-18-29(19-28-25)26(21-10-4-1-5-11-21,22-12-6-2-7-13-22)23-14-8-3-9-15-23/h1-15,18-20,24H,16-17,27H2/t20-,24+/m1/s1. The summed E-state index contributed by atoms with van der Waals surface area (Å²) in [7, 11) is 0. The van der Waals surface area contributed by atoms with Gasteiger partial charge < -0.3 is 10.3 Å². The van der Waals surface area contributed by atoms with Gasteiger partial charge in [-0.25, -0.2) is 4.98 Å². The highest BCUT2D eigenvalue weighted by Crippen LogP contribution is 2.47. The van der Waals surface area contributed by atoms with Crippen LogP contribution in [-0.4, -0.2) is 16.1 Å². The van der Waals surface area contributed by atoms with Gasteiger partial charge in [0.2, 0.25) is 0 Å². The second-order valence-electron chi connectivity index (χ2n) is 7.85. The smallest absolute Gasteiger partial charge is 0.121 e. The van der Waals surface area contributed by atoms with E-state index in [1.165, 1.54) is 16.7 Å². The van der Waals surface area contributed by atoms with E-state index in [-0.39, 0.29) is 0 Å². The van der Waals surface area contributed by atoms with Gasteiger partial charge >= 0.3 is 0 Å². The van der Waals surface area contributed by atoms with Crippen molar-refractivity contribution in [2.75, 3.05) is 6.54 Å². The molecule has 0 spiro atoms. The second-order valence-corrected chi connectivity index (χ2v) is 7.85. The molecular formula is C26H25N3. The van der Waals surface area contributed by atoms with Crippen LogP contribution in [0.5, 0.6) is 0 Å². The monoisotopic (exact) mass is 379 g/mol. The largest absolute Gasteiger partial charge is 0.330 e. The van der Waals surface area contributed by atoms with Crippen LogP contribution in [0.4, 0.5) is 0 Å². The van der Waals surface area contributed by atoms with Crippen molar-refractivity contribution in [2.45, 2.75) is 17.9 Å². The third kappa shape index (κ3) is 2.99. The SMILES string of the molecule is NC[C@H]1C[C@@H]1c1cn(C(c2ccccc2)(c2ccccc2)c2ccccc2)cn1. The zero-order valence-corrected chi connectivity index (χ0v) is 16.4. The van der Waals surface area contributed by atoms with Crippen molar-refractivity contribution in [3.8, 4) is 0 Å². The van der Waals surface area contributed by atoms with Crippen LogP contribution in [0.1, 0.15) is 34.7 Å². The minimum Gasteiger partial charge on any atom is -0.330 e. The van der Waals surface area contributed by atoms with Crippen LogP contribution in [0.2, 0.25) is 0 Å². The van der Waals surface area contributed by atoms with Gasteiger partial charge in [0.25, 0.3) is 0 Å². The van der Waals surface area contributed by atoms with E-state index in [9.17, 15) is 0 Å². The minimum absolute atomic E-state index is 0.484. The first-order chi connectivity index (χ1) is 14.3. The molecule has 0 bridgehead atoms. The molecule has 144 valence electrons. The molecule has 1 aliphatic rings. The van der Waals surface area contributed by atoms with Crippen LogP contribution in [0, 0.1) is 5.92 Å². The van der Waals surface area contributed by atoms with E-state index >= 15 is 0 Å². The van der Waals surface area contributed by atoms with Gasteiger partial charge in [-0.1, -0.05) is 91.0 Å². The summed E-state index contributed by atoms with van der Waals surface area (Å²) in [5.41, 5.74) is 10.2. The number of nitrogens with zero attached hydrogens (tertiary/aromatic N) is 2. The fraction of sp³-hybridized carbons (Fsp3) is 0.192. The summed E-state index contributed by atoms with van der Waals surface area (Å²) in [6.45, 7) is 0.735. The van der Waals surface area contributed by atoms with Gasteiger partial charge in [-0.2, -0.15) is 0 Å². The van der Waals surface area contributed by atoms with E-state index in [1.54, 1.807) is 0 Å². The van der Waals surface area contributed by atoms with Crippen molar-refractivity contribution in [3.05, 3.63) is 126 Å². The van der Waals surface area contributed by atoms with E-state index in [4.69, 9.17) is 10.7 Å². The molecule has 3 nitrogen and oxygen atoms in total. The lowest BCUT2D eigenvalue weighted by atomic mass is 9.77. The number of rotatable bonds is 6. The highest BCUT2D eigenvalue weighted by molar-refractivity contribution is 5.50. The Labute approximate surface area is 171 Å². The Morgan fingerprint density at radius 3 is 1.69 bits per heavy atom. The van der Waals surface area contributed by atoms with Gasteiger partial charge in [0, 0.05) is 12.1 Å². The summed E-state index contributed by atoms with van der Waals surface area (Å²) in [5.74, 6) is 1.05. The van der Waals surface area contributed by atoms with Gasteiger partial charge in [-0.3, -0.25) is 0 Å². The van der Waals surface area contributed by atoms with Gasteiger partial charge in [0.15, 0.2) is 0 Å². The fourth-order valence-electron chi connectivity index (χ4n) is 4.57. The quantitative estimate of drug-likeness (QED) is 0.490. The number of benzene rings is 3. The van der Waals surface area contributed by atoms with E-state index in [0.29, 0.717) is 11.8 Å². The first-order valence-electron chi connectivity index (χ1n) is 10.2. The predicted molar refractivity (Wildman–Crippen MR) is 117 cm³/mol. The summed E-state index contributed by atoms with van der Waals surface area (Å²) >= 11 is 0. The topological polar surface area (TPSA) is 43.8 Å². The van der Waals surface area contributed by atoms with Crippen molar-refractivity contribution < 1.29 is 0 Å². The molecule has 0 unspecified atom stereocenters. The van der Waals surface area contributed by atoms with Gasteiger partial charge in [-0.05, 0) is 35.6 Å². The predicted octanol–water partition coefficient (Wildman–Crippen LogP) is 4.79. The molecule has 5 rings (SSSR count). The van der Waals surface area contributed by atoms with E-state index in [2.05, 4.69) is 102 Å². The maximum atomic E-state index is 5.89. The lowest BCUT2D eigenvalue weighted by Crippen LogP contribution is -2.36. The molecule has 0 aliphatic heterocycles. The lowest BCUT2D eigenvalue weighted by Gasteiger charge is -2.37. The van der Waals surface area contributed by atoms with E-state index < -0.39 is 5.54 Å². The lowest BCUT2D eigenvalue weighted by molar-refractivity contribution is 0.514. The summed E-state index contributed by atoms with van der Waals surface area (Å²) in [6.07, 6.45) is 5.37. The first-order valence-corrected chi connectivity index (χ1v) is 10.2. The summed E-state index contributed by atoms with van der Waals surface area (Å²) in [6, 6.07) is 32.1. The average molecular weight is 380 g/mol.